The standard InChI is InChI=1S/C15H13N5/c1-2-8-16-10-13-9-14(12-6-4-3-5-7-12)11-20-15(13)17-18-19-20/h1,3-7,9,11,16H,8,10H2. The fourth-order valence-corrected chi connectivity index (χ4v) is 2.10. The average Bonchev–Trinajstić information content (AvgIpc) is 2.97. The lowest BCUT2D eigenvalue weighted by atomic mass is 10.1. The van der Waals surface area contributed by atoms with Crippen molar-refractivity contribution in [3.63, 3.8) is 0 Å². The van der Waals surface area contributed by atoms with Gasteiger partial charge in [0.25, 0.3) is 0 Å². The quantitative estimate of drug-likeness (QED) is 0.572. The molecule has 98 valence electrons. The summed E-state index contributed by atoms with van der Waals surface area (Å²) in [5.41, 5.74) is 3.96. The van der Waals surface area contributed by atoms with Gasteiger partial charge in [-0.05, 0) is 22.1 Å². The number of benzene rings is 1. The van der Waals surface area contributed by atoms with Gasteiger partial charge in [-0.3, -0.25) is 0 Å². The minimum absolute atomic E-state index is 0.517. The summed E-state index contributed by atoms with van der Waals surface area (Å²) in [7, 11) is 0. The Morgan fingerprint density at radius 3 is 2.85 bits per heavy atom. The number of rotatable bonds is 4. The number of nitrogens with one attached hydrogen (secondary N) is 1. The predicted molar refractivity (Wildman–Crippen MR) is 76.8 cm³/mol. The molecule has 0 fully saturated rings. The normalized spacial score (nSPS) is 10.6. The van der Waals surface area contributed by atoms with Gasteiger partial charge in [-0.25, -0.2) is 0 Å². The molecule has 0 unspecified atom stereocenters. The minimum atomic E-state index is 0.517. The SMILES string of the molecule is C#CCNCc1cc(-c2ccccc2)cn2nnnc12. The molecule has 5 heteroatoms. The van der Waals surface area contributed by atoms with E-state index >= 15 is 0 Å². The average molecular weight is 263 g/mol. The van der Waals surface area contributed by atoms with E-state index in [1.54, 1.807) is 4.52 Å². The molecule has 3 rings (SSSR count). The molecule has 1 N–H and O–H groups in total. The summed E-state index contributed by atoms with van der Waals surface area (Å²) in [6.45, 7) is 1.15. The zero-order valence-electron chi connectivity index (χ0n) is 10.8. The zero-order valence-corrected chi connectivity index (χ0v) is 10.8. The van der Waals surface area contributed by atoms with Crippen LogP contribution >= 0.6 is 0 Å². The molecule has 0 aliphatic rings. The Balaban J connectivity index is 2.04. The minimum Gasteiger partial charge on any atom is -0.302 e. The van der Waals surface area contributed by atoms with E-state index in [1.807, 2.05) is 24.4 Å². The molecule has 20 heavy (non-hydrogen) atoms. The Bertz CT molecular complexity index is 755. The molecule has 2 aromatic heterocycles. The van der Waals surface area contributed by atoms with Crippen LogP contribution < -0.4 is 5.32 Å². The van der Waals surface area contributed by atoms with Crippen molar-refractivity contribution in [1.29, 1.82) is 0 Å². The van der Waals surface area contributed by atoms with Crippen molar-refractivity contribution in [2.24, 2.45) is 0 Å². The third-order valence-corrected chi connectivity index (χ3v) is 3.02. The molecule has 0 atom stereocenters. The van der Waals surface area contributed by atoms with E-state index in [0.29, 0.717) is 13.1 Å². The third kappa shape index (κ3) is 2.37. The maximum atomic E-state index is 5.25. The largest absolute Gasteiger partial charge is 0.302 e. The smallest absolute Gasteiger partial charge is 0.183 e. The fraction of sp³-hybridized carbons (Fsp3) is 0.133. The van der Waals surface area contributed by atoms with E-state index in [1.165, 1.54) is 0 Å². The van der Waals surface area contributed by atoms with Crippen LogP contribution in [0.25, 0.3) is 16.8 Å². The van der Waals surface area contributed by atoms with Gasteiger partial charge in [-0.15, -0.1) is 11.5 Å². The number of hydrogen-bond acceptors (Lipinski definition) is 4. The van der Waals surface area contributed by atoms with E-state index in [-0.39, 0.29) is 0 Å². The molecule has 0 aliphatic carbocycles. The van der Waals surface area contributed by atoms with Gasteiger partial charge in [-0.1, -0.05) is 36.3 Å². The molecule has 0 aliphatic heterocycles. The van der Waals surface area contributed by atoms with E-state index in [2.05, 4.69) is 45.0 Å². The molecule has 0 bridgehead atoms. The molecular weight excluding hydrogens is 250 g/mol. The molecule has 0 amide bonds. The van der Waals surface area contributed by atoms with Crippen molar-refractivity contribution in [3.8, 4) is 23.5 Å². The number of terminal acetylenes is 1. The Morgan fingerprint density at radius 2 is 2.05 bits per heavy atom. The molecule has 5 nitrogen and oxygen atoms in total. The van der Waals surface area contributed by atoms with Gasteiger partial charge in [0, 0.05) is 23.9 Å². The highest BCUT2D eigenvalue weighted by Gasteiger charge is 2.08. The van der Waals surface area contributed by atoms with Gasteiger partial charge in [0.05, 0.1) is 6.54 Å². The van der Waals surface area contributed by atoms with Crippen molar-refractivity contribution < 1.29 is 0 Å². The number of aromatic nitrogens is 4. The second-order valence-corrected chi connectivity index (χ2v) is 4.37. The van der Waals surface area contributed by atoms with Crippen molar-refractivity contribution in [2.75, 3.05) is 6.54 Å². The molecule has 0 radical (unpaired) electrons. The lowest BCUT2D eigenvalue weighted by molar-refractivity contribution is 0.767. The first-order valence-electron chi connectivity index (χ1n) is 6.29. The summed E-state index contributed by atoms with van der Waals surface area (Å²) >= 11 is 0. The predicted octanol–water partition coefficient (Wildman–Crippen LogP) is 1.51. The van der Waals surface area contributed by atoms with Gasteiger partial charge >= 0.3 is 0 Å². The van der Waals surface area contributed by atoms with Crippen molar-refractivity contribution in [2.45, 2.75) is 6.54 Å². The molecule has 0 saturated carbocycles. The summed E-state index contributed by atoms with van der Waals surface area (Å²) in [5.74, 6) is 2.56. The maximum Gasteiger partial charge on any atom is 0.183 e. The van der Waals surface area contributed by atoms with Gasteiger partial charge in [0.2, 0.25) is 0 Å². The van der Waals surface area contributed by atoms with Crippen LogP contribution in [0.3, 0.4) is 0 Å². The summed E-state index contributed by atoms with van der Waals surface area (Å²) in [6, 6.07) is 12.2. The maximum absolute atomic E-state index is 5.25. The monoisotopic (exact) mass is 263 g/mol. The van der Waals surface area contributed by atoms with Crippen LogP contribution in [0.4, 0.5) is 0 Å². The Morgan fingerprint density at radius 1 is 1.20 bits per heavy atom. The first-order valence-corrected chi connectivity index (χ1v) is 6.29. The highest BCUT2D eigenvalue weighted by molar-refractivity contribution is 5.66. The van der Waals surface area contributed by atoms with Gasteiger partial charge in [0.15, 0.2) is 5.65 Å². The van der Waals surface area contributed by atoms with Gasteiger partial charge < -0.3 is 5.32 Å². The molecular formula is C15H13N5. The second-order valence-electron chi connectivity index (χ2n) is 4.37. The van der Waals surface area contributed by atoms with E-state index in [0.717, 1.165) is 22.3 Å². The van der Waals surface area contributed by atoms with Gasteiger partial charge in [-0.2, -0.15) is 4.52 Å². The third-order valence-electron chi connectivity index (χ3n) is 3.02. The Kier molecular flexibility index (Phi) is 3.40. The van der Waals surface area contributed by atoms with Crippen LogP contribution in [0.15, 0.2) is 42.6 Å². The van der Waals surface area contributed by atoms with Crippen LogP contribution in [0.5, 0.6) is 0 Å². The molecule has 0 spiro atoms. The summed E-state index contributed by atoms with van der Waals surface area (Å²) in [6.07, 6.45) is 7.17. The number of pyridine rings is 1. The number of hydrogen-bond donors (Lipinski definition) is 1. The molecule has 2 heterocycles. The topological polar surface area (TPSA) is 55.1 Å². The van der Waals surface area contributed by atoms with Crippen LogP contribution in [-0.4, -0.2) is 26.6 Å². The summed E-state index contributed by atoms with van der Waals surface area (Å²) in [5, 5.41) is 14.9. The Hall–Kier alpha value is -2.71. The molecule has 3 aromatic rings. The first kappa shape index (κ1) is 12.3. The van der Waals surface area contributed by atoms with Crippen LogP contribution in [-0.2, 0) is 6.54 Å². The highest BCUT2D eigenvalue weighted by atomic mass is 15.5. The van der Waals surface area contributed by atoms with Crippen LogP contribution in [0.1, 0.15) is 5.56 Å². The molecule has 1 aromatic carbocycles. The lowest BCUT2D eigenvalue weighted by Gasteiger charge is -2.07. The fourth-order valence-electron chi connectivity index (χ4n) is 2.10. The van der Waals surface area contributed by atoms with E-state index < -0.39 is 0 Å². The number of nitrogens with zero attached hydrogens (tertiary/aromatic N) is 4. The Labute approximate surface area is 116 Å². The highest BCUT2D eigenvalue weighted by Crippen LogP contribution is 2.21. The van der Waals surface area contributed by atoms with Crippen molar-refractivity contribution >= 4 is 5.65 Å². The van der Waals surface area contributed by atoms with Crippen LogP contribution in [0, 0.1) is 12.3 Å². The lowest BCUT2D eigenvalue weighted by Crippen LogP contribution is -2.14. The van der Waals surface area contributed by atoms with E-state index in [9.17, 15) is 0 Å². The van der Waals surface area contributed by atoms with Crippen molar-refractivity contribution in [1.82, 2.24) is 25.4 Å². The summed E-state index contributed by atoms with van der Waals surface area (Å²) in [4.78, 5) is 0. The number of fused-ring (bicyclic) bond motifs is 1. The number of tetrazole rings is 1. The van der Waals surface area contributed by atoms with Gasteiger partial charge in [0.1, 0.15) is 0 Å². The first-order chi connectivity index (χ1) is 9.88. The molecule has 0 saturated heterocycles. The van der Waals surface area contributed by atoms with Crippen molar-refractivity contribution in [3.05, 3.63) is 48.2 Å². The summed E-state index contributed by atoms with van der Waals surface area (Å²) < 4.78 is 1.69. The zero-order chi connectivity index (χ0) is 13.8. The van der Waals surface area contributed by atoms with E-state index in [4.69, 9.17) is 6.42 Å². The van der Waals surface area contributed by atoms with Crippen LogP contribution in [0.2, 0.25) is 0 Å². The second kappa shape index (κ2) is 5.51.